The van der Waals surface area contributed by atoms with Crippen LogP contribution in [0.3, 0.4) is 0 Å². The van der Waals surface area contributed by atoms with Crippen LogP contribution in [-0.4, -0.2) is 42.8 Å². The van der Waals surface area contributed by atoms with E-state index in [0.717, 1.165) is 5.69 Å². The smallest absolute Gasteiger partial charge is 0.315 e. The topological polar surface area (TPSA) is 81.7 Å². The molecule has 1 fully saturated rings. The standard InChI is InChI=1S/C13H16ClN3O3/c14-9-1-3-11(4-2-9)17-8-10(7-12(17)19)16-13(20)15-5-6-18/h1-4,10,18H,5-8H2,(H2,15,16,20)/t10-/m0/s1. The highest BCUT2D eigenvalue weighted by molar-refractivity contribution is 6.30. The van der Waals surface area contributed by atoms with E-state index >= 15 is 0 Å². The van der Waals surface area contributed by atoms with Gasteiger partial charge in [-0.3, -0.25) is 4.79 Å². The minimum atomic E-state index is -0.380. The molecule has 20 heavy (non-hydrogen) atoms. The summed E-state index contributed by atoms with van der Waals surface area (Å²) in [6.45, 7) is 0.494. The molecule has 7 heteroatoms. The summed E-state index contributed by atoms with van der Waals surface area (Å²) in [7, 11) is 0. The maximum absolute atomic E-state index is 11.9. The first-order chi connectivity index (χ1) is 9.60. The maximum Gasteiger partial charge on any atom is 0.315 e. The van der Waals surface area contributed by atoms with E-state index in [2.05, 4.69) is 10.6 Å². The van der Waals surface area contributed by atoms with E-state index in [1.54, 1.807) is 29.2 Å². The molecule has 0 aromatic heterocycles. The SMILES string of the molecule is O=C(NCCO)N[C@H]1CC(=O)N(c2ccc(Cl)cc2)C1. The fourth-order valence-corrected chi connectivity index (χ4v) is 2.21. The van der Waals surface area contributed by atoms with Gasteiger partial charge in [-0.2, -0.15) is 0 Å². The predicted molar refractivity (Wildman–Crippen MR) is 75.8 cm³/mol. The van der Waals surface area contributed by atoms with Crippen molar-refractivity contribution in [3.05, 3.63) is 29.3 Å². The molecule has 0 aliphatic carbocycles. The second-order valence-corrected chi connectivity index (χ2v) is 4.94. The molecular weight excluding hydrogens is 282 g/mol. The van der Waals surface area contributed by atoms with Gasteiger partial charge in [0.25, 0.3) is 0 Å². The number of hydrogen-bond acceptors (Lipinski definition) is 3. The Hall–Kier alpha value is -1.79. The first-order valence-electron chi connectivity index (χ1n) is 6.31. The molecule has 0 saturated carbocycles. The molecule has 6 nitrogen and oxygen atoms in total. The number of rotatable bonds is 4. The summed E-state index contributed by atoms with van der Waals surface area (Å²) < 4.78 is 0. The lowest BCUT2D eigenvalue weighted by Gasteiger charge is -2.17. The zero-order valence-corrected chi connectivity index (χ0v) is 11.6. The minimum absolute atomic E-state index is 0.0419. The first-order valence-corrected chi connectivity index (χ1v) is 6.69. The van der Waals surface area contributed by atoms with Crippen LogP contribution >= 0.6 is 11.6 Å². The number of benzene rings is 1. The molecule has 0 spiro atoms. The molecule has 0 bridgehead atoms. The lowest BCUT2D eigenvalue weighted by Crippen LogP contribution is -2.44. The third kappa shape index (κ3) is 3.61. The van der Waals surface area contributed by atoms with Gasteiger partial charge in [-0.05, 0) is 24.3 Å². The van der Waals surface area contributed by atoms with Gasteiger partial charge in [-0.1, -0.05) is 11.6 Å². The molecule has 2 rings (SSSR count). The Morgan fingerprint density at radius 1 is 1.40 bits per heavy atom. The van der Waals surface area contributed by atoms with Crippen LogP contribution in [0.4, 0.5) is 10.5 Å². The van der Waals surface area contributed by atoms with E-state index < -0.39 is 0 Å². The van der Waals surface area contributed by atoms with E-state index in [1.807, 2.05) is 0 Å². The third-order valence-corrected chi connectivity index (χ3v) is 3.25. The summed E-state index contributed by atoms with van der Waals surface area (Å²) in [5, 5.41) is 14.4. The lowest BCUT2D eigenvalue weighted by molar-refractivity contribution is -0.117. The second-order valence-electron chi connectivity index (χ2n) is 4.51. The number of carbonyl (C=O) groups excluding carboxylic acids is 2. The summed E-state index contributed by atoms with van der Waals surface area (Å²) in [5.41, 5.74) is 0.763. The minimum Gasteiger partial charge on any atom is -0.395 e. The van der Waals surface area contributed by atoms with Gasteiger partial charge in [0.2, 0.25) is 5.91 Å². The van der Waals surface area contributed by atoms with Crippen molar-refractivity contribution in [2.45, 2.75) is 12.5 Å². The Labute approximate surface area is 121 Å². The Balaban J connectivity index is 1.93. The molecule has 1 aromatic rings. The van der Waals surface area contributed by atoms with E-state index in [1.165, 1.54) is 0 Å². The Kier molecular flexibility index (Phi) is 4.81. The molecule has 1 atom stereocenters. The fraction of sp³-hybridized carbons (Fsp3) is 0.385. The van der Waals surface area contributed by atoms with Crippen LogP contribution in [0, 0.1) is 0 Å². The van der Waals surface area contributed by atoms with Gasteiger partial charge in [0.15, 0.2) is 0 Å². The van der Waals surface area contributed by atoms with Crippen molar-refractivity contribution in [2.75, 3.05) is 24.6 Å². The molecule has 108 valence electrons. The number of halogens is 1. The van der Waals surface area contributed by atoms with Crippen LogP contribution in [-0.2, 0) is 4.79 Å². The zero-order chi connectivity index (χ0) is 14.5. The van der Waals surface area contributed by atoms with E-state index in [4.69, 9.17) is 16.7 Å². The molecular formula is C13H16ClN3O3. The Bertz CT molecular complexity index is 492. The van der Waals surface area contributed by atoms with E-state index in [-0.39, 0.29) is 37.6 Å². The van der Waals surface area contributed by atoms with Gasteiger partial charge in [0.05, 0.1) is 12.6 Å². The fourth-order valence-electron chi connectivity index (χ4n) is 2.08. The number of anilines is 1. The number of aliphatic hydroxyl groups is 1. The molecule has 1 aliphatic heterocycles. The Morgan fingerprint density at radius 2 is 2.10 bits per heavy atom. The molecule has 1 aromatic carbocycles. The largest absolute Gasteiger partial charge is 0.395 e. The van der Waals surface area contributed by atoms with Crippen molar-refractivity contribution in [1.82, 2.24) is 10.6 Å². The summed E-state index contributed by atoms with van der Waals surface area (Å²) in [6.07, 6.45) is 0.259. The van der Waals surface area contributed by atoms with Gasteiger partial charge in [0.1, 0.15) is 0 Å². The normalized spacial score (nSPS) is 18.2. The summed E-state index contributed by atoms with van der Waals surface area (Å²) in [6, 6.07) is 6.37. The van der Waals surface area contributed by atoms with Crippen molar-refractivity contribution in [2.24, 2.45) is 0 Å². The third-order valence-electron chi connectivity index (χ3n) is 3.00. The van der Waals surface area contributed by atoms with Gasteiger partial charge >= 0.3 is 6.03 Å². The predicted octanol–water partition coefficient (Wildman–Crippen LogP) is 0.737. The number of urea groups is 1. The van der Waals surface area contributed by atoms with Crippen molar-refractivity contribution in [3.63, 3.8) is 0 Å². The van der Waals surface area contributed by atoms with Gasteiger partial charge in [-0.15, -0.1) is 0 Å². The average Bonchev–Trinajstić information content (AvgIpc) is 2.78. The lowest BCUT2D eigenvalue weighted by atomic mass is 10.2. The molecule has 1 heterocycles. The number of aliphatic hydroxyl groups excluding tert-OH is 1. The summed E-state index contributed by atoms with van der Waals surface area (Å²) in [4.78, 5) is 25.0. The molecule has 1 saturated heterocycles. The van der Waals surface area contributed by atoms with Crippen molar-refractivity contribution < 1.29 is 14.7 Å². The second kappa shape index (κ2) is 6.58. The number of nitrogens with zero attached hydrogens (tertiary/aromatic N) is 1. The molecule has 3 N–H and O–H groups in total. The van der Waals surface area contributed by atoms with E-state index in [0.29, 0.717) is 11.6 Å². The zero-order valence-electron chi connectivity index (χ0n) is 10.8. The Morgan fingerprint density at radius 3 is 2.75 bits per heavy atom. The van der Waals surface area contributed by atoms with Crippen molar-refractivity contribution in [1.29, 1.82) is 0 Å². The number of nitrogens with one attached hydrogen (secondary N) is 2. The van der Waals surface area contributed by atoms with Crippen molar-refractivity contribution >= 4 is 29.2 Å². The summed E-state index contributed by atoms with van der Waals surface area (Å²) in [5.74, 6) is -0.0419. The van der Waals surface area contributed by atoms with Crippen LogP contribution in [0.1, 0.15) is 6.42 Å². The average molecular weight is 298 g/mol. The van der Waals surface area contributed by atoms with Crippen LogP contribution in [0.2, 0.25) is 5.02 Å². The number of hydrogen-bond donors (Lipinski definition) is 3. The number of amides is 3. The highest BCUT2D eigenvalue weighted by atomic mass is 35.5. The van der Waals surface area contributed by atoms with Crippen LogP contribution in [0.5, 0.6) is 0 Å². The highest BCUT2D eigenvalue weighted by Gasteiger charge is 2.31. The van der Waals surface area contributed by atoms with Crippen molar-refractivity contribution in [3.8, 4) is 0 Å². The quantitative estimate of drug-likeness (QED) is 0.766. The van der Waals surface area contributed by atoms with Crippen LogP contribution in [0.25, 0.3) is 0 Å². The highest BCUT2D eigenvalue weighted by Crippen LogP contribution is 2.23. The van der Waals surface area contributed by atoms with Gasteiger partial charge in [-0.25, -0.2) is 4.79 Å². The molecule has 3 amide bonds. The molecule has 1 aliphatic rings. The summed E-state index contributed by atoms with van der Waals surface area (Å²) >= 11 is 5.81. The monoisotopic (exact) mass is 297 g/mol. The van der Waals surface area contributed by atoms with Crippen LogP contribution in [0.15, 0.2) is 24.3 Å². The van der Waals surface area contributed by atoms with E-state index in [9.17, 15) is 9.59 Å². The first kappa shape index (κ1) is 14.6. The van der Waals surface area contributed by atoms with Gasteiger partial charge in [0, 0.05) is 30.2 Å². The maximum atomic E-state index is 11.9. The molecule has 0 radical (unpaired) electrons. The number of carbonyl (C=O) groups is 2. The molecule has 0 unspecified atom stereocenters. The van der Waals surface area contributed by atoms with Crippen LogP contribution < -0.4 is 15.5 Å². The van der Waals surface area contributed by atoms with Gasteiger partial charge < -0.3 is 20.6 Å².